The van der Waals surface area contributed by atoms with Crippen molar-refractivity contribution in [1.82, 2.24) is 0 Å². The van der Waals surface area contributed by atoms with E-state index in [9.17, 15) is 0 Å². The van der Waals surface area contributed by atoms with E-state index in [0.717, 1.165) is 5.92 Å². The standard InChI is InChI=1S/C26H38/c1-20(2)12-9-10-13-21(3)14-11-15-22(4)16-17-25-24(6)18-23(5)19-26(25,7)8/h9-17,23H,18-19H2,1-8H3/b10-9+,14-11+,17-16+,21-13+,22-15+. The maximum Gasteiger partial charge on any atom is -0.0101 e. The second-order valence-corrected chi connectivity index (χ2v) is 8.73. The minimum Gasteiger partial charge on any atom is -0.0764 e. The highest BCUT2D eigenvalue weighted by Crippen LogP contribution is 2.43. The van der Waals surface area contributed by atoms with Crippen molar-refractivity contribution in [1.29, 1.82) is 0 Å². The van der Waals surface area contributed by atoms with Gasteiger partial charge in [0.05, 0.1) is 0 Å². The van der Waals surface area contributed by atoms with Gasteiger partial charge in [-0.1, -0.05) is 97.7 Å². The van der Waals surface area contributed by atoms with Crippen molar-refractivity contribution in [3.05, 3.63) is 82.5 Å². The minimum atomic E-state index is 0.283. The van der Waals surface area contributed by atoms with Gasteiger partial charge in [0, 0.05) is 0 Å². The van der Waals surface area contributed by atoms with Crippen LogP contribution in [0.15, 0.2) is 82.5 Å². The molecule has 0 aromatic heterocycles. The molecule has 1 aliphatic rings. The minimum absolute atomic E-state index is 0.283. The lowest BCUT2D eigenvalue weighted by atomic mass is 9.69. The van der Waals surface area contributed by atoms with E-state index in [1.165, 1.54) is 35.1 Å². The molecule has 0 fully saturated rings. The molecule has 0 heterocycles. The number of hydrogen-bond acceptors (Lipinski definition) is 0. The van der Waals surface area contributed by atoms with Crippen LogP contribution in [0.2, 0.25) is 0 Å². The Morgan fingerprint density at radius 2 is 1.46 bits per heavy atom. The van der Waals surface area contributed by atoms with Gasteiger partial charge in [-0.05, 0) is 64.4 Å². The summed E-state index contributed by atoms with van der Waals surface area (Å²) in [4.78, 5) is 0. The third kappa shape index (κ3) is 8.04. The molecule has 0 radical (unpaired) electrons. The zero-order chi connectivity index (χ0) is 19.7. The van der Waals surface area contributed by atoms with Crippen LogP contribution in [-0.4, -0.2) is 0 Å². The van der Waals surface area contributed by atoms with E-state index in [2.05, 4.69) is 110 Å². The molecule has 0 saturated heterocycles. The van der Waals surface area contributed by atoms with Gasteiger partial charge in [0.2, 0.25) is 0 Å². The summed E-state index contributed by atoms with van der Waals surface area (Å²) < 4.78 is 0. The fraction of sp³-hybridized carbons (Fsp3) is 0.462. The van der Waals surface area contributed by atoms with E-state index < -0.39 is 0 Å². The summed E-state index contributed by atoms with van der Waals surface area (Å²) in [6.07, 6.45) is 22.0. The monoisotopic (exact) mass is 350 g/mol. The normalized spacial score (nSPS) is 22.1. The van der Waals surface area contributed by atoms with Crippen molar-refractivity contribution in [2.75, 3.05) is 0 Å². The second kappa shape index (κ2) is 10.4. The summed E-state index contributed by atoms with van der Waals surface area (Å²) in [7, 11) is 0. The summed E-state index contributed by atoms with van der Waals surface area (Å²) >= 11 is 0. The quantitative estimate of drug-likeness (QED) is 0.423. The average molecular weight is 351 g/mol. The molecule has 0 bridgehead atoms. The predicted molar refractivity (Wildman–Crippen MR) is 119 cm³/mol. The van der Waals surface area contributed by atoms with Crippen LogP contribution in [0.5, 0.6) is 0 Å². The molecular formula is C26H38. The van der Waals surface area contributed by atoms with Crippen LogP contribution in [0.25, 0.3) is 0 Å². The van der Waals surface area contributed by atoms with E-state index in [4.69, 9.17) is 0 Å². The van der Waals surface area contributed by atoms with E-state index >= 15 is 0 Å². The maximum absolute atomic E-state index is 2.38. The van der Waals surface area contributed by atoms with E-state index in [1.54, 1.807) is 5.57 Å². The van der Waals surface area contributed by atoms with Crippen LogP contribution in [-0.2, 0) is 0 Å². The predicted octanol–water partition coefficient (Wildman–Crippen LogP) is 8.29. The Balaban J connectivity index is 2.75. The van der Waals surface area contributed by atoms with Gasteiger partial charge in [0.15, 0.2) is 0 Å². The van der Waals surface area contributed by atoms with Crippen LogP contribution in [0.1, 0.15) is 68.2 Å². The lowest BCUT2D eigenvalue weighted by molar-refractivity contribution is 0.307. The van der Waals surface area contributed by atoms with E-state index in [0.29, 0.717) is 0 Å². The van der Waals surface area contributed by atoms with Crippen LogP contribution in [0.3, 0.4) is 0 Å². The average Bonchev–Trinajstić information content (AvgIpc) is 2.49. The van der Waals surface area contributed by atoms with Crippen molar-refractivity contribution in [2.24, 2.45) is 11.3 Å². The molecule has 0 saturated carbocycles. The van der Waals surface area contributed by atoms with Crippen LogP contribution < -0.4 is 0 Å². The first-order chi connectivity index (χ1) is 12.1. The molecule has 0 spiro atoms. The smallest absolute Gasteiger partial charge is 0.0101 e. The molecule has 1 atom stereocenters. The zero-order valence-corrected chi connectivity index (χ0v) is 18.2. The fourth-order valence-electron chi connectivity index (χ4n) is 3.76. The van der Waals surface area contributed by atoms with Gasteiger partial charge in [0.25, 0.3) is 0 Å². The molecule has 0 heteroatoms. The summed E-state index contributed by atoms with van der Waals surface area (Å²) in [5.74, 6) is 0.794. The van der Waals surface area contributed by atoms with E-state index in [-0.39, 0.29) is 5.41 Å². The zero-order valence-electron chi connectivity index (χ0n) is 18.2. The molecule has 1 rings (SSSR count). The molecule has 142 valence electrons. The molecule has 0 nitrogen and oxygen atoms in total. The Bertz CT molecular complexity index is 678. The lowest BCUT2D eigenvalue weighted by Crippen LogP contribution is -2.23. The Labute approximate surface area is 162 Å². The van der Waals surface area contributed by atoms with Crippen molar-refractivity contribution in [3.8, 4) is 0 Å². The summed E-state index contributed by atoms with van der Waals surface area (Å²) in [6, 6.07) is 0. The Hall–Kier alpha value is -1.82. The third-order valence-corrected chi connectivity index (χ3v) is 4.83. The van der Waals surface area contributed by atoms with Crippen LogP contribution in [0, 0.1) is 11.3 Å². The van der Waals surface area contributed by atoms with Crippen LogP contribution in [0.4, 0.5) is 0 Å². The molecule has 0 N–H and O–H groups in total. The number of allylic oxidation sites excluding steroid dienone is 14. The summed E-state index contributed by atoms with van der Waals surface area (Å²) in [6.45, 7) is 17.9. The third-order valence-electron chi connectivity index (χ3n) is 4.83. The van der Waals surface area contributed by atoms with Gasteiger partial charge < -0.3 is 0 Å². The van der Waals surface area contributed by atoms with Gasteiger partial charge in [-0.25, -0.2) is 0 Å². The number of hydrogen-bond donors (Lipinski definition) is 0. The fourth-order valence-corrected chi connectivity index (χ4v) is 3.76. The Morgan fingerprint density at radius 3 is 2.08 bits per heavy atom. The molecule has 1 unspecified atom stereocenters. The van der Waals surface area contributed by atoms with Crippen molar-refractivity contribution < 1.29 is 0 Å². The SMILES string of the molecule is CC(C)=C/C=C/C=C(C)/C=C/C=C(C)/C=C/C1=C(C)CC(C)CC1(C)C. The van der Waals surface area contributed by atoms with Gasteiger partial charge in [-0.15, -0.1) is 0 Å². The van der Waals surface area contributed by atoms with Gasteiger partial charge in [-0.2, -0.15) is 0 Å². The first-order valence-corrected chi connectivity index (χ1v) is 9.83. The second-order valence-electron chi connectivity index (χ2n) is 8.73. The molecular weight excluding hydrogens is 312 g/mol. The number of rotatable bonds is 6. The highest BCUT2D eigenvalue weighted by molar-refractivity contribution is 5.37. The van der Waals surface area contributed by atoms with Crippen LogP contribution >= 0.6 is 0 Å². The maximum atomic E-state index is 2.38. The lowest BCUT2D eigenvalue weighted by Gasteiger charge is -2.36. The summed E-state index contributed by atoms with van der Waals surface area (Å²) in [5, 5.41) is 0. The van der Waals surface area contributed by atoms with Crippen molar-refractivity contribution in [2.45, 2.75) is 68.2 Å². The van der Waals surface area contributed by atoms with Crippen molar-refractivity contribution in [3.63, 3.8) is 0 Å². The molecule has 0 aliphatic heterocycles. The largest absolute Gasteiger partial charge is 0.0764 e. The van der Waals surface area contributed by atoms with Crippen molar-refractivity contribution >= 4 is 0 Å². The molecule has 0 aromatic rings. The summed E-state index contributed by atoms with van der Waals surface area (Å²) in [5.41, 5.74) is 7.20. The molecule has 1 aliphatic carbocycles. The molecule has 0 amide bonds. The van der Waals surface area contributed by atoms with Gasteiger partial charge >= 0.3 is 0 Å². The topological polar surface area (TPSA) is 0 Å². The first-order valence-electron chi connectivity index (χ1n) is 9.83. The van der Waals surface area contributed by atoms with Gasteiger partial charge in [-0.3, -0.25) is 0 Å². The molecule has 26 heavy (non-hydrogen) atoms. The highest BCUT2D eigenvalue weighted by Gasteiger charge is 2.30. The first kappa shape index (κ1) is 22.2. The van der Waals surface area contributed by atoms with Gasteiger partial charge in [0.1, 0.15) is 0 Å². The Morgan fingerprint density at radius 1 is 0.885 bits per heavy atom. The highest BCUT2D eigenvalue weighted by atomic mass is 14.3. The van der Waals surface area contributed by atoms with E-state index in [1.807, 2.05) is 0 Å². The Kier molecular flexibility index (Phi) is 8.85. The molecule has 0 aromatic carbocycles.